The molecule has 24 heavy (non-hydrogen) atoms. The largest absolute Gasteiger partial charge is 0.354 e. The van der Waals surface area contributed by atoms with E-state index >= 15 is 0 Å². The van der Waals surface area contributed by atoms with Crippen molar-refractivity contribution < 1.29 is 9.32 Å². The maximum absolute atomic E-state index is 12.1. The van der Waals surface area contributed by atoms with Gasteiger partial charge in [0.1, 0.15) is 5.82 Å². The Morgan fingerprint density at radius 2 is 2.21 bits per heavy atom. The number of hydrogen-bond donors (Lipinski definition) is 0. The van der Waals surface area contributed by atoms with Crippen LogP contribution in [0.2, 0.25) is 0 Å². The molecule has 7 heteroatoms. The molecule has 4 rings (SSSR count). The summed E-state index contributed by atoms with van der Waals surface area (Å²) in [7, 11) is 0. The third-order valence-electron chi connectivity index (χ3n) is 4.79. The van der Waals surface area contributed by atoms with Crippen molar-refractivity contribution >= 4 is 11.7 Å². The predicted molar refractivity (Wildman–Crippen MR) is 88.4 cm³/mol. The zero-order chi connectivity index (χ0) is 16.5. The maximum Gasteiger partial charge on any atom is 0.261 e. The monoisotopic (exact) mass is 327 g/mol. The van der Waals surface area contributed by atoms with Crippen molar-refractivity contribution in [2.45, 2.75) is 38.6 Å². The lowest BCUT2D eigenvalue weighted by Gasteiger charge is -2.38. The first-order valence-corrected chi connectivity index (χ1v) is 8.52. The average Bonchev–Trinajstić information content (AvgIpc) is 3.23. The highest BCUT2D eigenvalue weighted by Gasteiger charge is 2.32. The van der Waals surface area contributed by atoms with Gasteiger partial charge in [0.05, 0.1) is 5.56 Å². The van der Waals surface area contributed by atoms with E-state index in [0.717, 1.165) is 50.3 Å². The number of aromatic nitrogens is 3. The van der Waals surface area contributed by atoms with E-state index in [1.54, 1.807) is 13.1 Å². The van der Waals surface area contributed by atoms with Crippen molar-refractivity contribution in [2.75, 3.05) is 24.5 Å². The van der Waals surface area contributed by atoms with Crippen molar-refractivity contribution in [3.63, 3.8) is 0 Å². The van der Waals surface area contributed by atoms with Gasteiger partial charge < -0.3 is 14.3 Å². The average molecular weight is 327 g/mol. The van der Waals surface area contributed by atoms with Gasteiger partial charge in [-0.1, -0.05) is 5.16 Å². The first kappa shape index (κ1) is 15.1. The minimum Gasteiger partial charge on any atom is -0.354 e. The summed E-state index contributed by atoms with van der Waals surface area (Å²) in [5.41, 5.74) is 0.853. The highest BCUT2D eigenvalue weighted by Crippen LogP contribution is 2.31. The van der Waals surface area contributed by atoms with E-state index in [9.17, 15) is 4.79 Å². The van der Waals surface area contributed by atoms with Crippen molar-refractivity contribution in [2.24, 2.45) is 0 Å². The van der Waals surface area contributed by atoms with Crippen LogP contribution in [0.5, 0.6) is 0 Å². The summed E-state index contributed by atoms with van der Waals surface area (Å²) in [4.78, 5) is 25.3. The Labute approximate surface area is 140 Å². The summed E-state index contributed by atoms with van der Waals surface area (Å²) < 4.78 is 5.33. The SMILES string of the molecule is Cc1noc(-c2cccnc2N2CCC[C@@H](N3CCCC3=O)C2)n1. The van der Waals surface area contributed by atoms with Crippen molar-refractivity contribution in [1.29, 1.82) is 0 Å². The smallest absolute Gasteiger partial charge is 0.261 e. The molecule has 2 aromatic rings. The molecule has 4 heterocycles. The van der Waals surface area contributed by atoms with Gasteiger partial charge in [0, 0.05) is 38.3 Å². The van der Waals surface area contributed by atoms with Crippen molar-refractivity contribution in [1.82, 2.24) is 20.0 Å². The minimum atomic E-state index is 0.271. The van der Waals surface area contributed by atoms with Gasteiger partial charge in [-0.2, -0.15) is 4.98 Å². The van der Waals surface area contributed by atoms with Crippen LogP contribution in [0.4, 0.5) is 5.82 Å². The van der Waals surface area contributed by atoms with E-state index in [2.05, 4.69) is 20.0 Å². The summed E-state index contributed by atoms with van der Waals surface area (Å²) >= 11 is 0. The van der Waals surface area contributed by atoms with Gasteiger partial charge in [-0.15, -0.1) is 0 Å². The highest BCUT2D eigenvalue weighted by molar-refractivity contribution is 5.78. The number of anilines is 1. The lowest BCUT2D eigenvalue weighted by molar-refractivity contribution is -0.129. The molecule has 2 aliphatic heterocycles. The lowest BCUT2D eigenvalue weighted by atomic mass is 10.0. The van der Waals surface area contributed by atoms with Crippen LogP contribution in [0, 0.1) is 6.92 Å². The van der Waals surface area contributed by atoms with Gasteiger partial charge in [0.2, 0.25) is 5.91 Å². The Morgan fingerprint density at radius 3 is 2.96 bits per heavy atom. The van der Waals surface area contributed by atoms with Crippen LogP contribution in [0.3, 0.4) is 0 Å². The Kier molecular flexibility index (Phi) is 3.92. The number of rotatable bonds is 3. The summed E-state index contributed by atoms with van der Waals surface area (Å²) in [6.07, 6.45) is 5.56. The summed E-state index contributed by atoms with van der Waals surface area (Å²) in [5, 5.41) is 3.88. The molecular formula is C17H21N5O2. The molecule has 0 bridgehead atoms. The van der Waals surface area contributed by atoms with Crippen LogP contribution in [0.25, 0.3) is 11.5 Å². The molecule has 2 aliphatic rings. The second-order valence-electron chi connectivity index (χ2n) is 6.45. The number of amides is 1. The quantitative estimate of drug-likeness (QED) is 0.858. The number of hydrogen-bond acceptors (Lipinski definition) is 6. The van der Waals surface area contributed by atoms with Crippen LogP contribution >= 0.6 is 0 Å². The van der Waals surface area contributed by atoms with Crippen LogP contribution < -0.4 is 4.90 Å². The number of piperidine rings is 1. The van der Waals surface area contributed by atoms with E-state index in [-0.39, 0.29) is 11.9 Å². The molecule has 0 saturated carbocycles. The Morgan fingerprint density at radius 1 is 1.29 bits per heavy atom. The predicted octanol–water partition coefficient (Wildman–Crippen LogP) is 2.03. The van der Waals surface area contributed by atoms with Crippen LogP contribution in [0.15, 0.2) is 22.9 Å². The molecular weight excluding hydrogens is 306 g/mol. The molecule has 0 spiro atoms. The van der Waals surface area contributed by atoms with E-state index in [1.807, 2.05) is 17.0 Å². The highest BCUT2D eigenvalue weighted by atomic mass is 16.5. The van der Waals surface area contributed by atoms with Crippen LogP contribution in [0.1, 0.15) is 31.5 Å². The second kappa shape index (κ2) is 6.22. The van der Waals surface area contributed by atoms with Crippen molar-refractivity contribution in [3.05, 3.63) is 24.2 Å². The first-order chi connectivity index (χ1) is 11.7. The summed E-state index contributed by atoms with van der Waals surface area (Å²) in [6, 6.07) is 4.11. The molecule has 1 amide bonds. The van der Waals surface area contributed by atoms with Gasteiger partial charge in [-0.3, -0.25) is 4.79 Å². The van der Waals surface area contributed by atoms with E-state index in [1.165, 1.54) is 0 Å². The third-order valence-corrected chi connectivity index (χ3v) is 4.79. The fourth-order valence-corrected chi connectivity index (χ4v) is 3.68. The van der Waals surface area contributed by atoms with E-state index < -0.39 is 0 Å². The standard InChI is InChI=1S/C17H21N5O2/c1-12-19-17(24-20-12)14-6-2-8-18-16(14)21-9-3-5-13(11-21)22-10-4-7-15(22)23/h2,6,8,13H,3-5,7,9-11H2,1H3/t13-/m1/s1. The zero-order valence-electron chi connectivity index (χ0n) is 13.8. The zero-order valence-corrected chi connectivity index (χ0v) is 13.8. The molecule has 0 N–H and O–H groups in total. The molecule has 7 nitrogen and oxygen atoms in total. The first-order valence-electron chi connectivity index (χ1n) is 8.52. The molecule has 0 aliphatic carbocycles. The fourth-order valence-electron chi connectivity index (χ4n) is 3.68. The Hall–Kier alpha value is -2.44. The third kappa shape index (κ3) is 2.74. The number of carbonyl (C=O) groups is 1. The van der Waals surface area contributed by atoms with Gasteiger partial charge in [-0.05, 0) is 38.3 Å². The molecule has 126 valence electrons. The normalized spacial score (nSPS) is 21.5. The second-order valence-corrected chi connectivity index (χ2v) is 6.45. The minimum absolute atomic E-state index is 0.271. The molecule has 2 saturated heterocycles. The fraction of sp³-hybridized carbons (Fsp3) is 0.529. The summed E-state index contributed by atoms with van der Waals surface area (Å²) in [6.45, 7) is 4.42. The number of aryl methyl sites for hydroxylation is 1. The van der Waals surface area contributed by atoms with Crippen LogP contribution in [-0.2, 0) is 4.79 Å². The van der Waals surface area contributed by atoms with E-state index in [0.29, 0.717) is 18.1 Å². The van der Waals surface area contributed by atoms with Gasteiger partial charge in [-0.25, -0.2) is 4.98 Å². The topological polar surface area (TPSA) is 75.4 Å². The number of nitrogens with zero attached hydrogens (tertiary/aromatic N) is 5. The van der Waals surface area contributed by atoms with Crippen LogP contribution in [-0.4, -0.2) is 51.6 Å². The molecule has 0 aromatic carbocycles. The van der Waals surface area contributed by atoms with Gasteiger partial charge >= 0.3 is 0 Å². The molecule has 0 unspecified atom stereocenters. The lowest BCUT2D eigenvalue weighted by Crippen LogP contribution is -2.48. The molecule has 2 fully saturated rings. The number of likely N-dealkylation sites (tertiary alicyclic amines) is 1. The Bertz CT molecular complexity index is 744. The van der Waals surface area contributed by atoms with Crippen molar-refractivity contribution in [3.8, 4) is 11.5 Å². The number of pyridine rings is 1. The van der Waals surface area contributed by atoms with Gasteiger partial charge in [0.25, 0.3) is 5.89 Å². The molecule has 1 atom stereocenters. The van der Waals surface area contributed by atoms with Gasteiger partial charge in [0.15, 0.2) is 5.82 Å². The number of carbonyl (C=O) groups excluding carboxylic acids is 1. The van der Waals surface area contributed by atoms with E-state index in [4.69, 9.17) is 4.52 Å². The Balaban J connectivity index is 1.60. The molecule has 0 radical (unpaired) electrons. The molecule has 2 aromatic heterocycles. The summed E-state index contributed by atoms with van der Waals surface area (Å²) in [5.74, 6) is 2.25. The maximum atomic E-state index is 12.1.